The van der Waals surface area contributed by atoms with Gasteiger partial charge in [-0.3, -0.25) is 4.79 Å². The smallest absolute Gasteiger partial charge is 0.302 e. The molecule has 0 fully saturated rings. The number of methoxy groups -OCH3 is 1. The predicted octanol–water partition coefficient (Wildman–Crippen LogP) is 0.583. The molecule has 0 saturated heterocycles. The Morgan fingerprint density at radius 1 is 1.58 bits per heavy atom. The number of esters is 1. The lowest BCUT2D eigenvalue weighted by molar-refractivity contribution is -0.140. The van der Waals surface area contributed by atoms with Crippen LogP contribution in [-0.2, 0) is 14.3 Å². The lowest BCUT2D eigenvalue weighted by Gasteiger charge is -1.97. The van der Waals surface area contributed by atoms with Crippen molar-refractivity contribution < 1.29 is 19.4 Å². The molecule has 1 atom stereocenters. The first kappa shape index (κ1) is 13.9. The van der Waals surface area contributed by atoms with Crippen molar-refractivity contribution >= 4 is 5.97 Å². The van der Waals surface area contributed by atoms with Crippen LogP contribution in [0.3, 0.4) is 0 Å². The second-order valence-corrected chi connectivity index (χ2v) is 2.23. The van der Waals surface area contributed by atoms with Gasteiger partial charge < -0.3 is 14.6 Å². The fourth-order valence-electron chi connectivity index (χ4n) is 0.444. The normalized spacial score (nSPS) is 11.1. The predicted molar refractivity (Wildman–Crippen MR) is 45.9 cm³/mol. The average Bonchev–Trinajstić information content (AvgIpc) is 1.87. The zero-order chi connectivity index (χ0) is 9.98. The molecule has 0 amide bonds. The molecule has 4 nitrogen and oxygen atoms in total. The van der Waals surface area contributed by atoms with E-state index in [4.69, 9.17) is 5.11 Å². The van der Waals surface area contributed by atoms with Gasteiger partial charge in [-0.05, 0) is 13.8 Å². The van der Waals surface area contributed by atoms with Crippen LogP contribution in [0.15, 0.2) is 0 Å². The second-order valence-electron chi connectivity index (χ2n) is 2.23. The summed E-state index contributed by atoms with van der Waals surface area (Å²) in [5.41, 5.74) is 0. The summed E-state index contributed by atoms with van der Waals surface area (Å²) in [6.45, 7) is 5.77. The largest absolute Gasteiger partial charge is 0.466 e. The van der Waals surface area contributed by atoms with E-state index in [2.05, 4.69) is 9.47 Å². The van der Waals surface area contributed by atoms with Gasteiger partial charge in [-0.2, -0.15) is 0 Å². The van der Waals surface area contributed by atoms with Crippen molar-refractivity contribution in [3.05, 3.63) is 0 Å². The zero-order valence-electron chi connectivity index (χ0n) is 8.16. The van der Waals surface area contributed by atoms with Crippen molar-refractivity contribution in [1.82, 2.24) is 0 Å². The SMILES string of the molecule is CCOC(C)=O.COCC(C)O. The highest BCUT2D eigenvalue weighted by molar-refractivity contribution is 5.65. The number of aliphatic hydroxyl groups excluding tert-OH is 1. The highest BCUT2D eigenvalue weighted by atomic mass is 16.5. The molecule has 0 heterocycles. The van der Waals surface area contributed by atoms with Crippen LogP contribution in [0.4, 0.5) is 0 Å². The van der Waals surface area contributed by atoms with Crippen molar-refractivity contribution in [1.29, 1.82) is 0 Å². The molecule has 1 N–H and O–H groups in total. The molecule has 4 heteroatoms. The van der Waals surface area contributed by atoms with Gasteiger partial charge in [0.15, 0.2) is 0 Å². The Bertz CT molecular complexity index is 101. The van der Waals surface area contributed by atoms with Crippen LogP contribution in [0.25, 0.3) is 0 Å². The van der Waals surface area contributed by atoms with Gasteiger partial charge in [-0.25, -0.2) is 0 Å². The molecular weight excluding hydrogens is 160 g/mol. The Hall–Kier alpha value is -0.610. The van der Waals surface area contributed by atoms with Crippen molar-refractivity contribution in [2.45, 2.75) is 26.9 Å². The van der Waals surface area contributed by atoms with Gasteiger partial charge in [0.2, 0.25) is 0 Å². The number of hydrogen-bond acceptors (Lipinski definition) is 4. The first-order chi connectivity index (χ1) is 5.54. The lowest BCUT2D eigenvalue weighted by Crippen LogP contribution is -2.07. The highest BCUT2D eigenvalue weighted by Gasteiger charge is 1.87. The average molecular weight is 178 g/mol. The molecule has 0 rings (SSSR count). The number of rotatable bonds is 3. The minimum absolute atomic E-state index is 0.211. The summed E-state index contributed by atoms with van der Waals surface area (Å²) in [6.07, 6.45) is -0.324. The Labute approximate surface area is 73.5 Å². The van der Waals surface area contributed by atoms with Gasteiger partial charge >= 0.3 is 5.97 Å². The highest BCUT2D eigenvalue weighted by Crippen LogP contribution is 1.75. The third-order valence-corrected chi connectivity index (χ3v) is 0.755. The second kappa shape index (κ2) is 10.4. The van der Waals surface area contributed by atoms with E-state index in [0.29, 0.717) is 13.2 Å². The van der Waals surface area contributed by atoms with E-state index in [1.54, 1.807) is 21.0 Å². The van der Waals surface area contributed by atoms with Gasteiger partial charge in [0.25, 0.3) is 0 Å². The quantitative estimate of drug-likeness (QED) is 0.642. The number of hydrogen-bond donors (Lipinski definition) is 1. The van der Waals surface area contributed by atoms with Gasteiger partial charge in [-0.15, -0.1) is 0 Å². The van der Waals surface area contributed by atoms with Crippen LogP contribution in [0.5, 0.6) is 0 Å². The van der Waals surface area contributed by atoms with Crippen LogP contribution in [0, 0.1) is 0 Å². The Balaban J connectivity index is 0. The molecule has 0 radical (unpaired) electrons. The molecule has 0 aromatic carbocycles. The molecule has 1 unspecified atom stereocenters. The Kier molecular flexibility index (Phi) is 12.1. The van der Waals surface area contributed by atoms with E-state index in [1.807, 2.05) is 0 Å². The van der Waals surface area contributed by atoms with Crippen LogP contribution >= 0.6 is 0 Å². The minimum Gasteiger partial charge on any atom is -0.466 e. The fourth-order valence-corrected chi connectivity index (χ4v) is 0.444. The molecule has 0 aromatic rings. The summed E-state index contributed by atoms with van der Waals surface area (Å²) in [5.74, 6) is -0.211. The summed E-state index contributed by atoms with van der Waals surface area (Å²) in [5, 5.41) is 8.43. The summed E-state index contributed by atoms with van der Waals surface area (Å²) in [7, 11) is 1.56. The Morgan fingerprint density at radius 2 is 2.08 bits per heavy atom. The van der Waals surface area contributed by atoms with Gasteiger partial charge in [0.1, 0.15) is 0 Å². The zero-order valence-corrected chi connectivity index (χ0v) is 8.16. The number of carbonyl (C=O) groups is 1. The maximum atomic E-state index is 9.82. The van der Waals surface area contributed by atoms with Crippen molar-refractivity contribution in [3.63, 3.8) is 0 Å². The molecule has 0 aromatic heterocycles. The number of carbonyl (C=O) groups excluding carboxylic acids is 1. The summed E-state index contributed by atoms with van der Waals surface area (Å²) in [6, 6.07) is 0. The van der Waals surface area contributed by atoms with E-state index >= 15 is 0 Å². The fraction of sp³-hybridized carbons (Fsp3) is 0.875. The lowest BCUT2D eigenvalue weighted by atomic mass is 10.5. The van der Waals surface area contributed by atoms with Crippen LogP contribution in [0.2, 0.25) is 0 Å². The summed E-state index contributed by atoms with van der Waals surface area (Å²) >= 11 is 0. The van der Waals surface area contributed by atoms with E-state index < -0.39 is 0 Å². The molecule has 0 aliphatic heterocycles. The van der Waals surface area contributed by atoms with E-state index in [-0.39, 0.29) is 12.1 Å². The maximum Gasteiger partial charge on any atom is 0.302 e. The van der Waals surface area contributed by atoms with Crippen LogP contribution in [0.1, 0.15) is 20.8 Å². The molecular formula is C8H18O4. The summed E-state index contributed by atoms with van der Waals surface area (Å²) < 4.78 is 8.96. The first-order valence-corrected chi connectivity index (χ1v) is 3.84. The third kappa shape index (κ3) is 22.8. The summed E-state index contributed by atoms with van der Waals surface area (Å²) in [4.78, 5) is 9.82. The molecule has 12 heavy (non-hydrogen) atoms. The number of ether oxygens (including phenoxy) is 2. The minimum atomic E-state index is -0.324. The third-order valence-electron chi connectivity index (χ3n) is 0.755. The van der Waals surface area contributed by atoms with Crippen LogP contribution in [-0.4, -0.2) is 37.5 Å². The molecule has 0 aliphatic rings. The standard InChI is InChI=1S/C4H10O2.C4H8O2/c1-4(5)3-6-2;1-3-6-4(2)5/h4-5H,3H2,1-2H3;3H2,1-2H3. The Morgan fingerprint density at radius 3 is 2.08 bits per heavy atom. The topological polar surface area (TPSA) is 55.8 Å². The number of aliphatic hydroxyl groups is 1. The van der Waals surface area contributed by atoms with E-state index in [0.717, 1.165) is 0 Å². The first-order valence-electron chi connectivity index (χ1n) is 3.84. The van der Waals surface area contributed by atoms with Crippen molar-refractivity contribution in [2.75, 3.05) is 20.3 Å². The monoisotopic (exact) mass is 178 g/mol. The van der Waals surface area contributed by atoms with Gasteiger partial charge in [0, 0.05) is 14.0 Å². The van der Waals surface area contributed by atoms with Crippen molar-refractivity contribution in [3.8, 4) is 0 Å². The van der Waals surface area contributed by atoms with Gasteiger partial charge in [0.05, 0.1) is 19.3 Å². The molecule has 0 bridgehead atoms. The van der Waals surface area contributed by atoms with E-state index in [9.17, 15) is 4.79 Å². The molecule has 0 aliphatic carbocycles. The van der Waals surface area contributed by atoms with Crippen LogP contribution < -0.4 is 0 Å². The molecule has 0 spiro atoms. The van der Waals surface area contributed by atoms with E-state index in [1.165, 1.54) is 6.92 Å². The van der Waals surface area contributed by atoms with Gasteiger partial charge in [-0.1, -0.05) is 0 Å². The molecule has 0 saturated carbocycles. The maximum absolute atomic E-state index is 9.82. The molecule has 74 valence electrons. The van der Waals surface area contributed by atoms with Crippen molar-refractivity contribution in [2.24, 2.45) is 0 Å².